The van der Waals surface area contributed by atoms with Gasteiger partial charge in [-0.1, -0.05) is 35.4 Å². The Balaban J connectivity index is 1.74. The van der Waals surface area contributed by atoms with E-state index in [1.54, 1.807) is 6.07 Å². The second-order valence-corrected chi connectivity index (χ2v) is 10.3. The Bertz CT molecular complexity index is 1220. The molecule has 0 saturated heterocycles. The number of hydrogen-bond acceptors (Lipinski definition) is 4. The van der Waals surface area contributed by atoms with Gasteiger partial charge >= 0.3 is 0 Å². The number of rotatable bonds is 5. The predicted octanol–water partition coefficient (Wildman–Crippen LogP) is 7.30. The van der Waals surface area contributed by atoms with E-state index in [0.717, 1.165) is 28.0 Å². The third-order valence-electron chi connectivity index (χ3n) is 6.25. The lowest BCUT2D eigenvalue weighted by atomic mass is 9.89. The highest BCUT2D eigenvalue weighted by Crippen LogP contribution is 2.44. The second kappa shape index (κ2) is 9.17. The van der Waals surface area contributed by atoms with Crippen LogP contribution in [0.1, 0.15) is 86.7 Å². The molecule has 0 bridgehead atoms. The summed E-state index contributed by atoms with van der Waals surface area (Å²) < 4.78 is 12.5. The van der Waals surface area contributed by atoms with E-state index in [1.165, 1.54) is 5.57 Å². The fraction of sp³-hybridized carbons (Fsp3) is 0.367. The summed E-state index contributed by atoms with van der Waals surface area (Å²) in [5.74, 6) is 1.58. The summed E-state index contributed by atoms with van der Waals surface area (Å²) in [5, 5.41) is 11.1. The molecule has 0 fully saturated rings. The number of ketones is 1. The highest BCUT2D eigenvalue weighted by Gasteiger charge is 2.32. The highest BCUT2D eigenvalue weighted by molar-refractivity contribution is 6.01. The maximum absolute atomic E-state index is 13.3. The fourth-order valence-electron chi connectivity index (χ4n) is 4.33. The topological polar surface area (TPSA) is 55.8 Å². The number of phenolic OH excluding ortho intramolecular Hbond substituents is 1. The molecule has 0 amide bonds. The van der Waals surface area contributed by atoms with Gasteiger partial charge in [0.05, 0.1) is 12.0 Å². The largest absolute Gasteiger partial charge is 0.507 e. The lowest BCUT2D eigenvalue weighted by molar-refractivity contribution is 0.0847. The Hall–Kier alpha value is -3.27. The van der Waals surface area contributed by atoms with Crippen molar-refractivity contribution in [1.29, 1.82) is 0 Å². The van der Waals surface area contributed by atoms with E-state index >= 15 is 0 Å². The molecule has 1 N–H and O–H groups in total. The summed E-state index contributed by atoms with van der Waals surface area (Å²) in [4.78, 5) is 13.3. The minimum atomic E-state index is -0.415. The van der Waals surface area contributed by atoms with Crippen LogP contribution in [-0.2, 0) is 12.8 Å². The number of fused-ring (bicyclic) bond motifs is 2. The minimum Gasteiger partial charge on any atom is -0.507 e. The summed E-state index contributed by atoms with van der Waals surface area (Å²) in [7, 11) is 0. The molecule has 1 atom stereocenters. The standard InChI is InChI=1S/C30H34O4/c1-18(2)7-9-22-16-24-25(31)17-27(33-29(24)23(28(22)32)11-8-19(3)4)20-10-12-26-21(15-20)13-14-30(5,6)34-26/h7-8,10,12-16,27,32H,9,11,17H2,1-6H3/t27-/m0/s1. The average molecular weight is 459 g/mol. The Morgan fingerprint density at radius 1 is 1.09 bits per heavy atom. The van der Waals surface area contributed by atoms with Crippen LogP contribution in [0.2, 0.25) is 0 Å². The quantitative estimate of drug-likeness (QED) is 0.478. The van der Waals surface area contributed by atoms with Crippen molar-refractivity contribution in [1.82, 2.24) is 0 Å². The zero-order chi connectivity index (χ0) is 24.6. The van der Waals surface area contributed by atoms with Crippen LogP contribution in [-0.4, -0.2) is 16.5 Å². The molecular weight excluding hydrogens is 424 g/mol. The smallest absolute Gasteiger partial charge is 0.170 e. The number of carbonyl (C=O) groups excluding carboxylic acids is 1. The van der Waals surface area contributed by atoms with E-state index in [-0.39, 0.29) is 23.6 Å². The molecule has 0 saturated carbocycles. The number of carbonyl (C=O) groups is 1. The van der Waals surface area contributed by atoms with Crippen LogP contribution in [0.4, 0.5) is 0 Å². The van der Waals surface area contributed by atoms with Gasteiger partial charge in [-0.3, -0.25) is 4.79 Å². The molecular formula is C30H34O4. The highest BCUT2D eigenvalue weighted by atomic mass is 16.5. The average Bonchev–Trinajstić information content (AvgIpc) is 2.76. The minimum absolute atomic E-state index is 0.0359. The number of ether oxygens (including phenoxy) is 2. The van der Waals surface area contributed by atoms with Gasteiger partial charge in [0.1, 0.15) is 29.0 Å². The van der Waals surface area contributed by atoms with Gasteiger partial charge in [0.25, 0.3) is 0 Å². The van der Waals surface area contributed by atoms with Gasteiger partial charge in [-0.25, -0.2) is 0 Å². The van der Waals surface area contributed by atoms with Crippen molar-refractivity contribution in [2.75, 3.05) is 0 Å². The first kappa shape index (κ1) is 23.9. The Morgan fingerprint density at radius 3 is 2.50 bits per heavy atom. The van der Waals surface area contributed by atoms with E-state index < -0.39 is 6.10 Å². The molecule has 34 heavy (non-hydrogen) atoms. The van der Waals surface area contributed by atoms with Crippen molar-refractivity contribution in [2.24, 2.45) is 0 Å². The first-order valence-corrected chi connectivity index (χ1v) is 11.9. The van der Waals surface area contributed by atoms with E-state index in [4.69, 9.17) is 9.47 Å². The van der Waals surface area contributed by atoms with Crippen molar-refractivity contribution in [2.45, 2.75) is 72.5 Å². The molecule has 2 aromatic rings. The summed E-state index contributed by atoms with van der Waals surface area (Å²) in [6.07, 6.45) is 9.14. The maximum Gasteiger partial charge on any atom is 0.170 e. The van der Waals surface area contributed by atoms with Crippen LogP contribution in [0, 0.1) is 0 Å². The van der Waals surface area contributed by atoms with Gasteiger partial charge in [-0.05, 0) is 89.8 Å². The SMILES string of the molecule is CC(C)=CCc1cc2c(c(CC=C(C)C)c1O)O[C@H](c1ccc3c(c1)C=CC(C)(C)O3)CC2=O. The maximum atomic E-state index is 13.3. The monoisotopic (exact) mass is 458 g/mol. The molecule has 178 valence electrons. The zero-order valence-electron chi connectivity index (χ0n) is 21.0. The van der Waals surface area contributed by atoms with Crippen molar-refractivity contribution >= 4 is 11.9 Å². The van der Waals surface area contributed by atoms with Gasteiger partial charge in [0.15, 0.2) is 5.78 Å². The van der Waals surface area contributed by atoms with Gasteiger partial charge in [0, 0.05) is 11.1 Å². The Morgan fingerprint density at radius 2 is 1.79 bits per heavy atom. The molecule has 0 aromatic heterocycles. The van der Waals surface area contributed by atoms with Crippen LogP contribution in [0.5, 0.6) is 17.2 Å². The molecule has 0 unspecified atom stereocenters. The van der Waals surface area contributed by atoms with Gasteiger partial charge in [-0.2, -0.15) is 0 Å². The summed E-state index contributed by atoms with van der Waals surface area (Å²) in [6, 6.07) is 7.75. The summed E-state index contributed by atoms with van der Waals surface area (Å²) in [6.45, 7) is 12.1. The number of hydrogen-bond donors (Lipinski definition) is 1. The van der Waals surface area contributed by atoms with E-state index in [2.05, 4.69) is 18.2 Å². The van der Waals surface area contributed by atoms with Crippen molar-refractivity contribution < 1.29 is 19.4 Å². The Labute approximate surface area is 202 Å². The third kappa shape index (κ3) is 4.96. The molecule has 4 heteroatoms. The van der Waals surface area contributed by atoms with Crippen molar-refractivity contribution in [3.05, 3.63) is 81.5 Å². The molecule has 4 nitrogen and oxygen atoms in total. The zero-order valence-corrected chi connectivity index (χ0v) is 21.0. The van der Waals surface area contributed by atoms with Crippen LogP contribution >= 0.6 is 0 Å². The van der Waals surface area contributed by atoms with Gasteiger partial charge in [0.2, 0.25) is 0 Å². The molecule has 0 spiro atoms. The molecule has 2 heterocycles. The molecule has 4 rings (SSSR count). The predicted molar refractivity (Wildman–Crippen MR) is 137 cm³/mol. The van der Waals surface area contributed by atoms with E-state index in [9.17, 15) is 9.90 Å². The summed E-state index contributed by atoms with van der Waals surface area (Å²) in [5.41, 5.74) is 5.86. The molecule has 2 aliphatic heterocycles. The molecule has 0 aliphatic carbocycles. The number of allylic oxidation sites excluding steroid dienone is 4. The third-order valence-corrected chi connectivity index (χ3v) is 6.25. The van der Waals surface area contributed by atoms with Crippen LogP contribution in [0.25, 0.3) is 6.08 Å². The van der Waals surface area contributed by atoms with E-state index in [0.29, 0.717) is 29.7 Å². The second-order valence-electron chi connectivity index (χ2n) is 10.3. The van der Waals surface area contributed by atoms with Gasteiger partial charge < -0.3 is 14.6 Å². The number of aromatic hydroxyl groups is 1. The van der Waals surface area contributed by atoms with Crippen molar-refractivity contribution in [3.63, 3.8) is 0 Å². The Kier molecular flexibility index (Phi) is 6.44. The number of benzene rings is 2. The normalized spacial score (nSPS) is 17.7. The summed E-state index contributed by atoms with van der Waals surface area (Å²) >= 11 is 0. The van der Waals surface area contributed by atoms with Crippen LogP contribution in [0.3, 0.4) is 0 Å². The number of phenols is 1. The molecule has 0 radical (unpaired) electrons. The first-order valence-electron chi connectivity index (χ1n) is 11.9. The lowest BCUT2D eigenvalue weighted by Crippen LogP contribution is -2.27. The van der Waals surface area contributed by atoms with Crippen LogP contribution in [0.15, 0.2) is 53.6 Å². The van der Waals surface area contributed by atoms with Crippen molar-refractivity contribution in [3.8, 4) is 17.2 Å². The van der Waals surface area contributed by atoms with Crippen LogP contribution < -0.4 is 9.47 Å². The first-order chi connectivity index (χ1) is 16.0. The fourth-order valence-corrected chi connectivity index (χ4v) is 4.33. The van der Waals surface area contributed by atoms with Gasteiger partial charge in [-0.15, -0.1) is 0 Å². The molecule has 2 aliphatic rings. The number of Topliss-reactive ketones (excluding diaryl/α,β-unsaturated/α-hetero) is 1. The lowest BCUT2D eigenvalue weighted by Gasteiger charge is -2.31. The molecule has 2 aromatic carbocycles. The van der Waals surface area contributed by atoms with E-state index in [1.807, 2.05) is 65.8 Å².